The molecule has 4 rings (SSSR count). The molecule has 33 heavy (non-hydrogen) atoms. The van der Waals surface area contributed by atoms with Gasteiger partial charge in [-0.25, -0.2) is 9.37 Å². The first-order valence-electron chi connectivity index (χ1n) is 10.2. The lowest BCUT2D eigenvalue weighted by atomic mass is 9.98. The van der Waals surface area contributed by atoms with E-state index in [4.69, 9.17) is 17.3 Å². The van der Waals surface area contributed by atoms with Crippen LogP contribution in [0.2, 0.25) is 5.02 Å². The van der Waals surface area contributed by atoms with E-state index in [1.54, 1.807) is 54.9 Å². The Kier molecular flexibility index (Phi) is 6.20. The number of hydrogen-bond acceptors (Lipinski definition) is 5. The predicted octanol–water partition coefficient (Wildman–Crippen LogP) is 5.30. The number of primary amides is 1. The van der Waals surface area contributed by atoms with Crippen LogP contribution in [0, 0.1) is 17.1 Å². The molecule has 164 valence electrons. The summed E-state index contributed by atoms with van der Waals surface area (Å²) in [6.07, 6.45) is 3.63. The average Bonchev–Trinajstić information content (AvgIpc) is 2.83. The molecule has 1 amide bonds. The molecule has 6 nitrogen and oxygen atoms in total. The van der Waals surface area contributed by atoms with Crippen LogP contribution < -0.4 is 11.1 Å². The molecule has 0 aliphatic rings. The Labute approximate surface area is 194 Å². The van der Waals surface area contributed by atoms with Crippen LogP contribution in [0.1, 0.15) is 18.9 Å². The molecule has 4 aromatic rings. The number of halogens is 2. The SMILES string of the molecule is CC[C@@H](Nc1c(C#N)c(-c2ccc(-c3cccc(Cl)c3F)cc2)nc2cnccc12)C(N)=O. The smallest absolute Gasteiger partial charge is 0.239 e. The summed E-state index contributed by atoms with van der Waals surface area (Å²) in [4.78, 5) is 20.6. The third kappa shape index (κ3) is 4.21. The summed E-state index contributed by atoms with van der Waals surface area (Å²) in [5, 5.41) is 13.8. The summed E-state index contributed by atoms with van der Waals surface area (Å²) < 4.78 is 14.4. The van der Waals surface area contributed by atoms with Gasteiger partial charge in [0, 0.05) is 22.7 Å². The zero-order valence-corrected chi connectivity index (χ0v) is 18.4. The van der Waals surface area contributed by atoms with E-state index in [1.807, 2.05) is 6.92 Å². The van der Waals surface area contributed by atoms with Gasteiger partial charge < -0.3 is 11.1 Å². The number of fused-ring (bicyclic) bond motifs is 1. The summed E-state index contributed by atoms with van der Waals surface area (Å²) >= 11 is 5.91. The Morgan fingerprint density at radius 2 is 1.94 bits per heavy atom. The summed E-state index contributed by atoms with van der Waals surface area (Å²) in [5.74, 6) is -1.02. The number of aromatic nitrogens is 2. The zero-order valence-electron chi connectivity index (χ0n) is 17.6. The van der Waals surface area contributed by atoms with E-state index in [-0.39, 0.29) is 10.6 Å². The molecule has 0 fully saturated rings. The first kappa shape index (κ1) is 22.2. The maximum atomic E-state index is 14.4. The van der Waals surface area contributed by atoms with Gasteiger partial charge in [0.05, 0.1) is 28.1 Å². The van der Waals surface area contributed by atoms with Crippen molar-refractivity contribution in [1.29, 1.82) is 5.26 Å². The van der Waals surface area contributed by atoms with E-state index in [1.165, 1.54) is 6.07 Å². The number of carbonyl (C=O) groups is 1. The maximum Gasteiger partial charge on any atom is 0.239 e. The lowest BCUT2D eigenvalue weighted by molar-refractivity contribution is -0.118. The monoisotopic (exact) mass is 459 g/mol. The van der Waals surface area contributed by atoms with Gasteiger partial charge in [-0.05, 0) is 24.1 Å². The number of hydrogen-bond donors (Lipinski definition) is 2. The molecule has 0 saturated heterocycles. The van der Waals surface area contributed by atoms with E-state index in [0.717, 1.165) is 0 Å². The van der Waals surface area contributed by atoms with Crippen molar-refractivity contribution in [3.05, 3.63) is 77.3 Å². The first-order valence-corrected chi connectivity index (χ1v) is 10.6. The lowest BCUT2D eigenvalue weighted by Crippen LogP contribution is -2.35. The predicted molar refractivity (Wildman–Crippen MR) is 127 cm³/mol. The van der Waals surface area contributed by atoms with Crippen molar-refractivity contribution >= 4 is 34.1 Å². The number of carbonyl (C=O) groups excluding carboxylic acids is 1. The molecule has 2 aromatic heterocycles. The van der Waals surface area contributed by atoms with E-state index in [2.05, 4.69) is 21.4 Å². The van der Waals surface area contributed by atoms with Gasteiger partial charge >= 0.3 is 0 Å². The largest absolute Gasteiger partial charge is 0.372 e. The highest BCUT2D eigenvalue weighted by Gasteiger charge is 2.21. The van der Waals surface area contributed by atoms with E-state index in [0.29, 0.717) is 45.4 Å². The fourth-order valence-electron chi connectivity index (χ4n) is 3.67. The highest BCUT2D eigenvalue weighted by Crippen LogP contribution is 2.35. The van der Waals surface area contributed by atoms with Crippen LogP contribution in [0.25, 0.3) is 33.3 Å². The van der Waals surface area contributed by atoms with Crippen LogP contribution in [0.4, 0.5) is 10.1 Å². The molecule has 0 saturated carbocycles. The normalized spacial score (nSPS) is 11.7. The summed E-state index contributed by atoms with van der Waals surface area (Å²) in [5.41, 5.74) is 8.90. The summed E-state index contributed by atoms with van der Waals surface area (Å²) in [7, 11) is 0. The Morgan fingerprint density at radius 1 is 1.21 bits per heavy atom. The number of nitriles is 1. The van der Waals surface area contributed by atoms with Gasteiger partial charge in [-0.3, -0.25) is 9.78 Å². The standard InChI is InChI=1S/C25H19ClFN5O/c1-2-20(25(29)33)31-24-17-10-11-30-13-21(17)32-23(18(24)12-28)15-8-6-14(7-9-15)16-4-3-5-19(26)22(16)27/h3-11,13,20H,2H2,1H3,(H2,29,33)(H,31,32)/t20-/m1/s1. The number of nitrogens with zero attached hydrogens (tertiary/aromatic N) is 3. The van der Waals surface area contributed by atoms with Crippen LogP contribution in [-0.2, 0) is 4.79 Å². The fraction of sp³-hybridized carbons (Fsp3) is 0.120. The number of rotatable bonds is 6. The topological polar surface area (TPSA) is 105 Å². The second kappa shape index (κ2) is 9.23. The Hall–Kier alpha value is -4.02. The third-order valence-electron chi connectivity index (χ3n) is 5.39. The van der Waals surface area contributed by atoms with Crippen molar-refractivity contribution in [3.8, 4) is 28.5 Å². The molecule has 0 spiro atoms. The van der Waals surface area contributed by atoms with Crippen molar-refractivity contribution in [3.63, 3.8) is 0 Å². The molecule has 8 heteroatoms. The first-order chi connectivity index (χ1) is 15.9. The van der Waals surface area contributed by atoms with Crippen molar-refractivity contribution in [2.24, 2.45) is 5.73 Å². The Bertz CT molecular complexity index is 1400. The van der Waals surface area contributed by atoms with Gasteiger partial charge in [0.25, 0.3) is 0 Å². The van der Waals surface area contributed by atoms with Crippen molar-refractivity contribution < 1.29 is 9.18 Å². The average molecular weight is 460 g/mol. The lowest BCUT2D eigenvalue weighted by Gasteiger charge is -2.19. The number of pyridine rings is 2. The van der Waals surface area contributed by atoms with Gasteiger partial charge in [0.2, 0.25) is 5.91 Å². The molecule has 0 radical (unpaired) electrons. The maximum absolute atomic E-state index is 14.4. The van der Waals surface area contributed by atoms with Gasteiger partial charge in [0.15, 0.2) is 0 Å². The Balaban J connectivity index is 1.86. The highest BCUT2D eigenvalue weighted by atomic mass is 35.5. The van der Waals surface area contributed by atoms with Crippen LogP contribution in [0.15, 0.2) is 60.9 Å². The van der Waals surface area contributed by atoms with Crippen molar-refractivity contribution in [2.75, 3.05) is 5.32 Å². The second-order valence-corrected chi connectivity index (χ2v) is 7.81. The number of nitrogens with two attached hydrogens (primary N) is 1. The number of nitrogens with one attached hydrogen (secondary N) is 1. The summed E-state index contributed by atoms with van der Waals surface area (Å²) in [6, 6.07) is 15.1. The quantitative estimate of drug-likeness (QED) is 0.407. The molecule has 3 N–H and O–H groups in total. The minimum absolute atomic E-state index is 0.0442. The van der Waals surface area contributed by atoms with Crippen LogP contribution in [0.3, 0.4) is 0 Å². The van der Waals surface area contributed by atoms with E-state index >= 15 is 0 Å². The van der Waals surface area contributed by atoms with Gasteiger partial charge in [0.1, 0.15) is 23.5 Å². The summed E-state index contributed by atoms with van der Waals surface area (Å²) in [6.45, 7) is 1.83. The molecular weight excluding hydrogens is 441 g/mol. The molecule has 0 aliphatic heterocycles. The molecule has 0 unspecified atom stereocenters. The molecule has 1 atom stereocenters. The van der Waals surface area contributed by atoms with Crippen LogP contribution in [-0.4, -0.2) is 21.9 Å². The van der Waals surface area contributed by atoms with E-state index in [9.17, 15) is 14.4 Å². The van der Waals surface area contributed by atoms with E-state index < -0.39 is 17.8 Å². The van der Waals surface area contributed by atoms with Crippen molar-refractivity contribution in [2.45, 2.75) is 19.4 Å². The van der Waals surface area contributed by atoms with Gasteiger partial charge in [-0.15, -0.1) is 0 Å². The molecule has 0 bridgehead atoms. The molecule has 2 aromatic carbocycles. The highest BCUT2D eigenvalue weighted by molar-refractivity contribution is 6.31. The Morgan fingerprint density at radius 3 is 2.61 bits per heavy atom. The second-order valence-electron chi connectivity index (χ2n) is 7.40. The number of amides is 1. The third-order valence-corrected chi connectivity index (χ3v) is 5.68. The molecular formula is C25H19ClFN5O. The van der Waals surface area contributed by atoms with Gasteiger partial charge in [-0.2, -0.15) is 5.26 Å². The number of benzene rings is 2. The molecule has 2 heterocycles. The van der Waals surface area contributed by atoms with Gasteiger partial charge in [-0.1, -0.05) is 54.9 Å². The van der Waals surface area contributed by atoms with Crippen molar-refractivity contribution in [1.82, 2.24) is 9.97 Å². The minimum atomic E-state index is -0.656. The zero-order chi connectivity index (χ0) is 23.5. The number of anilines is 1. The van der Waals surface area contributed by atoms with Crippen LogP contribution in [0.5, 0.6) is 0 Å². The fourth-order valence-corrected chi connectivity index (χ4v) is 3.84. The van der Waals surface area contributed by atoms with Crippen LogP contribution >= 0.6 is 11.6 Å². The minimum Gasteiger partial charge on any atom is -0.372 e. The molecule has 0 aliphatic carbocycles.